The van der Waals surface area contributed by atoms with Gasteiger partial charge in [0.1, 0.15) is 6.10 Å². The van der Waals surface area contributed by atoms with E-state index < -0.39 is 40.0 Å². The van der Waals surface area contributed by atoms with Crippen molar-refractivity contribution in [1.29, 1.82) is 0 Å². The molecule has 0 aromatic carbocycles. The zero-order valence-electron chi connectivity index (χ0n) is 18.3. The second-order valence-electron chi connectivity index (χ2n) is 8.45. The first kappa shape index (κ1) is 22.4. The molecule has 6 unspecified atom stereocenters. The van der Waals surface area contributed by atoms with Crippen LogP contribution in [0, 0.1) is 0 Å². The molecule has 5 aliphatic rings. The van der Waals surface area contributed by atoms with Gasteiger partial charge in [0, 0.05) is 19.8 Å². The Balaban J connectivity index is 1.68. The van der Waals surface area contributed by atoms with Crippen molar-refractivity contribution >= 4 is 41.3 Å². The number of thioether (sulfide) groups is 2. The minimum atomic E-state index is -1.26. The summed E-state index contributed by atoms with van der Waals surface area (Å²) in [5.41, 5.74) is 1.37. The lowest BCUT2D eigenvalue weighted by Gasteiger charge is -2.54. The molecule has 0 aliphatic carbocycles. The summed E-state index contributed by atoms with van der Waals surface area (Å²) >= 11 is 2.53. The molecular formula is C22H24N2O7S2. The number of hydrogen-bond donors (Lipinski definition) is 1. The minimum absolute atomic E-state index is 0.220. The molecule has 0 spiro atoms. The number of fused-ring (bicyclic) bond motifs is 6. The Bertz CT molecular complexity index is 1040. The van der Waals surface area contributed by atoms with Gasteiger partial charge in [-0.05, 0) is 35.8 Å². The van der Waals surface area contributed by atoms with E-state index in [9.17, 15) is 19.5 Å². The molecule has 11 heteroatoms. The zero-order chi connectivity index (χ0) is 23.5. The maximum atomic E-state index is 14.4. The van der Waals surface area contributed by atoms with Crippen LogP contribution in [0.2, 0.25) is 0 Å². The van der Waals surface area contributed by atoms with Crippen LogP contribution in [-0.4, -0.2) is 79.2 Å². The number of aliphatic hydroxyl groups excluding tert-OH is 1. The lowest BCUT2D eigenvalue weighted by atomic mass is 10.0. The highest BCUT2D eigenvalue weighted by molar-refractivity contribution is 8.01. The summed E-state index contributed by atoms with van der Waals surface area (Å²) < 4.78 is 16.4. The van der Waals surface area contributed by atoms with E-state index in [4.69, 9.17) is 14.2 Å². The van der Waals surface area contributed by atoms with Crippen LogP contribution in [0.5, 0.6) is 0 Å². The van der Waals surface area contributed by atoms with E-state index in [0.717, 1.165) is 0 Å². The van der Waals surface area contributed by atoms with Gasteiger partial charge in [-0.15, -0.1) is 23.5 Å². The summed E-state index contributed by atoms with van der Waals surface area (Å²) in [4.78, 5) is 41.2. The third kappa shape index (κ3) is 2.95. The number of hydrogen-bond acceptors (Lipinski definition) is 9. The molecule has 5 aliphatic heterocycles. The number of carbonyl (C=O) groups excluding carboxylic acids is 3. The number of esters is 1. The number of ether oxygens (including phenoxy) is 3. The van der Waals surface area contributed by atoms with Crippen molar-refractivity contribution < 1.29 is 33.7 Å². The minimum Gasteiger partial charge on any atom is -0.473 e. The largest absolute Gasteiger partial charge is 0.473 e. The topological polar surface area (TPSA) is 106 Å². The highest BCUT2D eigenvalue weighted by atomic mass is 32.2. The molecular weight excluding hydrogens is 468 g/mol. The molecule has 5 rings (SSSR count). The first-order chi connectivity index (χ1) is 15.8. The Morgan fingerprint density at radius 1 is 1.00 bits per heavy atom. The van der Waals surface area contributed by atoms with Gasteiger partial charge in [0.15, 0.2) is 9.74 Å². The molecule has 0 bridgehead atoms. The van der Waals surface area contributed by atoms with E-state index in [0.29, 0.717) is 11.1 Å². The second-order valence-corrected chi connectivity index (χ2v) is 10.6. The summed E-state index contributed by atoms with van der Waals surface area (Å²) in [6.45, 7) is 1.31. The van der Waals surface area contributed by atoms with Crippen molar-refractivity contribution in [1.82, 2.24) is 9.80 Å². The number of carbonyl (C=O) groups is 3. The SMILES string of the molecule is CSC12CC3=COC=CC(O)C3N1C(=O)C1(SC)CC3=COC=CC(OC(C)=O)C3N1C2=O. The van der Waals surface area contributed by atoms with Gasteiger partial charge in [0.25, 0.3) is 11.8 Å². The highest BCUT2D eigenvalue weighted by Gasteiger charge is 2.72. The number of aliphatic hydroxyl groups is 1. The molecule has 0 aromatic heterocycles. The van der Waals surface area contributed by atoms with Gasteiger partial charge < -0.3 is 29.1 Å². The van der Waals surface area contributed by atoms with E-state index in [-0.39, 0.29) is 24.7 Å². The highest BCUT2D eigenvalue weighted by Crippen LogP contribution is 2.59. The van der Waals surface area contributed by atoms with Crippen molar-refractivity contribution in [3.05, 3.63) is 48.3 Å². The predicted octanol–water partition coefficient (Wildman–Crippen LogP) is 1.47. The molecule has 9 nitrogen and oxygen atoms in total. The molecule has 33 heavy (non-hydrogen) atoms. The van der Waals surface area contributed by atoms with Crippen LogP contribution in [0.15, 0.2) is 48.3 Å². The molecule has 3 saturated heterocycles. The Morgan fingerprint density at radius 3 is 2.06 bits per heavy atom. The molecule has 6 atom stereocenters. The Morgan fingerprint density at radius 2 is 1.52 bits per heavy atom. The smallest absolute Gasteiger partial charge is 0.303 e. The van der Waals surface area contributed by atoms with Crippen molar-refractivity contribution in [2.75, 3.05) is 12.5 Å². The van der Waals surface area contributed by atoms with Crippen molar-refractivity contribution in [3.63, 3.8) is 0 Å². The quantitative estimate of drug-likeness (QED) is 0.586. The maximum absolute atomic E-state index is 14.4. The first-order valence-electron chi connectivity index (χ1n) is 10.5. The molecule has 0 saturated carbocycles. The van der Waals surface area contributed by atoms with Crippen LogP contribution in [0.1, 0.15) is 19.8 Å². The third-order valence-corrected chi connectivity index (χ3v) is 9.22. The fourth-order valence-corrected chi connectivity index (χ4v) is 7.46. The van der Waals surface area contributed by atoms with Crippen LogP contribution in [0.25, 0.3) is 0 Å². The van der Waals surface area contributed by atoms with Crippen molar-refractivity contribution in [3.8, 4) is 0 Å². The Hall–Kier alpha value is -2.37. The van der Waals surface area contributed by atoms with Gasteiger partial charge in [-0.2, -0.15) is 0 Å². The van der Waals surface area contributed by atoms with E-state index in [2.05, 4.69) is 0 Å². The van der Waals surface area contributed by atoms with Gasteiger partial charge in [-0.3, -0.25) is 14.4 Å². The van der Waals surface area contributed by atoms with Crippen LogP contribution >= 0.6 is 23.5 Å². The number of amides is 2. The zero-order valence-corrected chi connectivity index (χ0v) is 19.9. The maximum Gasteiger partial charge on any atom is 0.303 e. The van der Waals surface area contributed by atoms with E-state index in [1.807, 2.05) is 0 Å². The molecule has 0 radical (unpaired) electrons. The molecule has 1 N–H and O–H groups in total. The van der Waals surface area contributed by atoms with E-state index >= 15 is 0 Å². The standard InChI is InChI=1S/C22H24N2O7S2/c1-12(25)31-16-5-7-30-11-14-9-22(33-3)19(27)23-17-13(10-29-6-4-15(17)26)8-21(23,32-2)20(28)24(22)18(14)16/h4-7,10-11,15-18,26H,8-9H2,1-3H3. The van der Waals surface area contributed by atoms with Crippen molar-refractivity contribution in [2.24, 2.45) is 0 Å². The van der Waals surface area contributed by atoms with Crippen molar-refractivity contribution in [2.45, 2.75) is 53.8 Å². The monoisotopic (exact) mass is 492 g/mol. The summed E-state index contributed by atoms with van der Waals surface area (Å²) in [6.07, 6.45) is 11.1. The van der Waals surface area contributed by atoms with Crippen LogP contribution in [0.3, 0.4) is 0 Å². The van der Waals surface area contributed by atoms with Crippen LogP contribution in [-0.2, 0) is 28.6 Å². The molecule has 3 fully saturated rings. The van der Waals surface area contributed by atoms with Crippen LogP contribution in [0.4, 0.5) is 0 Å². The fraction of sp³-hybridized carbons (Fsp3) is 0.500. The third-order valence-electron chi connectivity index (χ3n) is 6.84. The number of rotatable bonds is 3. The number of piperazine rings is 1. The Labute approximate surface area is 199 Å². The summed E-state index contributed by atoms with van der Waals surface area (Å²) in [7, 11) is 0. The summed E-state index contributed by atoms with van der Waals surface area (Å²) in [5, 5.41) is 10.9. The Kier molecular flexibility index (Phi) is 5.33. The van der Waals surface area contributed by atoms with Gasteiger partial charge >= 0.3 is 5.97 Å². The normalized spacial score (nSPS) is 38.7. The predicted molar refractivity (Wildman–Crippen MR) is 121 cm³/mol. The van der Waals surface area contributed by atoms with Crippen LogP contribution < -0.4 is 0 Å². The molecule has 2 amide bonds. The average Bonchev–Trinajstić information content (AvgIpc) is 3.17. The summed E-state index contributed by atoms with van der Waals surface area (Å²) in [5.74, 6) is -1.04. The molecule has 176 valence electrons. The van der Waals surface area contributed by atoms with Gasteiger partial charge in [-0.1, -0.05) is 0 Å². The van der Waals surface area contributed by atoms with E-state index in [1.54, 1.807) is 28.4 Å². The lowest BCUT2D eigenvalue weighted by molar-refractivity contribution is -0.169. The number of nitrogens with zero attached hydrogens (tertiary/aromatic N) is 2. The van der Waals surface area contributed by atoms with E-state index in [1.165, 1.54) is 61.6 Å². The first-order valence-corrected chi connectivity index (χ1v) is 12.9. The molecule has 5 heterocycles. The van der Waals surface area contributed by atoms with Gasteiger partial charge in [-0.25, -0.2) is 0 Å². The summed E-state index contributed by atoms with van der Waals surface area (Å²) in [6, 6.07) is -1.39. The van der Waals surface area contributed by atoms with Gasteiger partial charge in [0.2, 0.25) is 0 Å². The average molecular weight is 493 g/mol. The second kappa shape index (κ2) is 7.85. The fourth-order valence-electron chi connectivity index (χ4n) is 5.50. The van der Waals surface area contributed by atoms with Gasteiger partial charge in [0.05, 0.1) is 43.2 Å². The molecule has 0 aromatic rings. The lowest BCUT2D eigenvalue weighted by Crippen LogP contribution is -2.74.